The van der Waals surface area contributed by atoms with Crippen molar-refractivity contribution in [1.82, 2.24) is 0 Å². The minimum absolute atomic E-state index is 0.402. The summed E-state index contributed by atoms with van der Waals surface area (Å²) in [6.07, 6.45) is -2.88. The van der Waals surface area contributed by atoms with Gasteiger partial charge in [0.05, 0.1) is 0 Å². The van der Waals surface area contributed by atoms with Gasteiger partial charge in [0.1, 0.15) is 6.10 Å². The van der Waals surface area contributed by atoms with Crippen LogP contribution in [0.25, 0.3) is 0 Å². The summed E-state index contributed by atoms with van der Waals surface area (Å²) >= 11 is 0. The topological polar surface area (TPSA) is 88.1 Å². The number of fused-ring (bicyclic) bond motifs is 2. The van der Waals surface area contributed by atoms with Crippen LogP contribution in [0.4, 0.5) is 0 Å². The second kappa shape index (κ2) is 6.89. The summed E-state index contributed by atoms with van der Waals surface area (Å²) < 4.78 is 21.5. The van der Waals surface area contributed by atoms with Crippen molar-refractivity contribution < 1.29 is 33.3 Å². The van der Waals surface area contributed by atoms with E-state index in [2.05, 4.69) is 0 Å². The predicted octanol–water partition coefficient (Wildman–Crippen LogP) is 0.901. The summed E-state index contributed by atoms with van der Waals surface area (Å²) in [6.45, 7) is 3.78. The Morgan fingerprint density at radius 3 is 2.00 bits per heavy atom. The number of rotatable bonds is 3. The molecule has 0 aliphatic carbocycles. The molecular formula is C12H16O7S2. The molecule has 0 radical (unpaired) electrons. The van der Waals surface area contributed by atoms with E-state index in [0.29, 0.717) is 5.75 Å². The van der Waals surface area contributed by atoms with Gasteiger partial charge in [-0.3, -0.25) is 14.4 Å². The standard InChI is InChI=1S/C12H16O7S2/c1-5(13)16-9-8-4-20-21-12(19-8)11(18-7(3)15)10(9)17-6(2)14/h8-12H,4H2,1-3H3/t8-,9-,10+,11-,12+/m1/s1. The molecule has 118 valence electrons. The second-order valence-electron chi connectivity index (χ2n) is 4.65. The van der Waals surface area contributed by atoms with Gasteiger partial charge in [-0.25, -0.2) is 0 Å². The van der Waals surface area contributed by atoms with E-state index in [1.807, 2.05) is 0 Å². The fourth-order valence-corrected chi connectivity index (χ4v) is 4.87. The molecule has 2 rings (SSSR count). The maximum absolute atomic E-state index is 11.3. The van der Waals surface area contributed by atoms with Crippen molar-refractivity contribution in [2.24, 2.45) is 0 Å². The van der Waals surface area contributed by atoms with Crippen LogP contribution in [0.3, 0.4) is 0 Å². The Kier molecular flexibility index (Phi) is 5.39. The minimum atomic E-state index is -0.868. The van der Waals surface area contributed by atoms with Gasteiger partial charge in [0.15, 0.2) is 23.7 Å². The number of hydrogen-bond donors (Lipinski definition) is 0. The third kappa shape index (κ3) is 4.04. The first-order chi connectivity index (χ1) is 9.88. The molecule has 2 saturated heterocycles. The first-order valence-electron chi connectivity index (χ1n) is 6.34. The molecule has 0 unspecified atom stereocenters. The Hall–Kier alpha value is -0.930. The Morgan fingerprint density at radius 2 is 1.43 bits per heavy atom. The summed E-state index contributed by atoms with van der Waals surface area (Å²) in [5.74, 6) is -0.975. The maximum Gasteiger partial charge on any atom is 0.303 e. The first kappa shape index (κ1) is 16.4. The van der Waals surface area contributed by atoms with Crippen LogP contribution in [-0.4, -0.2) is 53.5 Å². The number of carbonyl (C=O) groups is 3. The molecule has 0 aromatic heterocycles. The Morgan fingerprint density at radius 1 is 0.905 bits per heavy atom. The summed E-state index contributed by atoms with van der Waals surface area (Å²) in [5.41, 5.74) is -0.464. The maximum atomic E-state index is 11.3. The number of esters is 3. The van der Waals surface area contributed by atoms with Gasteiger partial charge < -0.3 is 18.9 Å². The molecule has 7 nitrogen and oxygen atoms in total. The van der Waals surface area contributed by atoms with Crippen LogP contribution in [0.1, 0.15) is 20.8 Å². The van der Waals surface area contributed by atoms with Crippen LogP contribution in [-0.2, 0) is 33.3 Å². The van der Waals surface area contributed by atoms with Gasteiger partial charge in [-0.05, 0) is 0 Å². The average molecular weight is 336 g/mol. The van der Waals surface area contributed by atoms with E-state index in [1.54, 1.807) is 0 Å². The Balaban J connectivity index is 2.27. The summed E-state index contributed by atoms with van der Waals surface area (Å²) in [4.78, 5) is 33.9. The van der Waals surface area contributed by atoms with E-state index in [1.165, 1.54) is 42.4 Å². The highest BCUT2D eigenvalue weighted by molar-refractivity contribution is 8.77. The summed E-state index contributed by atoms with van der Waals surface area (Å²) in [6, 6.07) is 0. The van der Waals surface area contributed by atoms with E-state index < -0.39 is 47.8 Å². The Bertz CT molecular complexity index is 411. The molecule has 5 atom stereocenters. The monoisotopic (exact) mass is 336 g/mol. The highest BCUT2D eigenvalue weighted by atomic mass is 33.1. The van der Waals surface area contributed by atoms with Crippen LogP contribution in [0.5, 0.6) is 0 Å². The third-order valence-electron chi connectivity index (χ3n) is 2.89. The van der Waals surface area contributed by atoms with Crippen LogP contribution >= 0.6 is 21.6 Å². The molecule has 0 saturated carbocycles. The van der Waals surface area contributed by atoms with Crippen LogP contribution in [0.15, 0.2) is 0 Å². The van der Waals surface area contributed by atoms with E-state index >= 15 is 0 Å². The fraction of sp³-hybridized carbons (Fsp3) is 0.750. The van der Waals surface area contributed by atoms with Gasteiger partial charge in [0.2, 0.25) is 0 Å². The van der Waals surface area contributed by atoms with Crippen molar-refractivity contribution >= 4 is 39.5 Å². The van der Waals surface area contributed by atoms with Crippen LogP contribution in [0, 0.1) is 0 Å². The van der Waals surface area contributed by atoms with E-state index in [-0.39, 0.29) is 0 Å². The molecule has 0 amide bonds. The molecular weight excluding hydrogens is 320 g/mol. The van der Waals surface area contributed by atoms with Crippen molar-refractivity contribution in [3.8, 4) is 0 Å². The first-order valence-corrected chi connectivity index (χ1v) is 8.72. The predicted molar refractivity (Wildman–Crippen MR) is 75.4 cm³/mol. The smallest absolute Gasteiger partial charge is 0.303 e. The number of hydrogen-bond acceptors (Lipinski definition) is 9. The van der Waals surface area contributed by atoms with Gasteiger partial charge in [0, 0.05) is 26.5 Å². The van der Waals surface area contributed by atoms with Crippen LogP contribution < -0.4 is 0 Å². The molecule has 2 bridgehead atoms. The normalized spacial score (nSPS) is 34.7. The van der Waals surface area contributed by atoms with E-state index in [9.17, 15) is 14.4 Å². The molecule has 0 N–H and O–H groups in total. The van der Waals surface area contributed by atoms with Crippen molar-refractivity contribution in [2.75, 3.05) is 5.75 Å². The number of ether oxygens (including phenoxy) is 4. The lowest BCUT2D eigenvalue weighted by atomic mass is 10.00. The van der Waals surface area contributed by atoms with E-state index in [4.69, 9.17) is 18.9 Å². The summed E-state index contributed by atoms with van der Waals surface area (Å²) in [5, 5.41) is 0. The quantitative estimate of drug-likeness (QED) is 0.424. The minimum Gasteiger partial charge on any atom is -0.456 e. The molecule has 0 spiro atoms. The molecule has 0 aromatic rings. The zero-order valence-electron chi connectivity index (χ0n) is 11.8. The van der Waals surface area contributed by atoms with Gasteiger partial charge in [-0.1, -0.05) is 21.6 Å². The highest BCUT2D eigenvalue weighted by Gasteiger charge is 2.53. The molecule has 9 heteroatoms. The van der Waals surface area contributed by atoms with Gasteiger partial charge >= 0.3 is 17.9 Å². The largest absolute Gasteiger partial charge is 0.456 e. The molecule has 0 aromatic carbocycles. The lowest BCUT2D eigenvalue weighted by molar-refractivity contribution is -0.228. The van der Waals surface area contributed by atoms with Gasteiger partial charge in [-0.15, -0.1) is 0 Å². The van der Waals surface area contributed by atoms with E-state index in [0.717, 1.165) is 0 Å². The average Bonchev–Trinajstić information content (AvgIpc) is 2.38. The molecule has 2 aliphatic rings. The molecule has 2 aliphatic heterocycles. The SMILES string of the molecule is CC(=O)O[C@@H]1[C@@H](OC(C)=O)[C@H]2O[C@H](CSS2)[C@H]1OC(C)=O. The fourth-order valence-electron chi connectivity index (χ4n) is 2.24. The van der Waals surface area contributed by atoms with Gasteiger partial charge in [0.25, 0.3) is 0 Å². The van der Waals surface area contributed by atoms with Crippen molar-refractivity contribution in [1.29, 1.82) is 0 Å². The van der Waals surface area contributed by atoms with Crippen molar-refractivity contribution in [3.05, 3.63) is 0 Å². The lowest BCUT2D eigenvalue weighted by Crippen LogP contribution is -2.62. The molecule has 2 fully saturated rings. The Labute approximate surface area is 129 Å². The zero-order chi connectivity index (χ0) is 15.6. The van der Waals surface area contributed by atoms with Crippen molar-refractivity contribution in [3.63, 3.8) is 0 Å². The molecule has 2 heterocycles. The molecule has 21 heavy (non-hydrogen) atoms. The lowest BCUT2D eigenvalue weighted by Gasteiger charge is -2.46. The van der Waals surface area contributed by atoms with Crippen LogP contribution in [0.2, 0.25) is 0 Å². The third-order valence-corrected chi connectivity index (χ3v) is 5.45. The van der Waals surface area contributed by atoms with Crippen molar-refractivity contribution in [2.45, 2.75) is 50.6 Å². The highest BCUT2D eigenvalue weighted by Crippen LogP contribution is 2.44. The summed E-state index contributed by atoms with van der Waals surface area (Å²) in [7, 11) is 2.94. The number of carbonyl (C=O) groups excluding carboxylic acids is 3. The second-order valence-corrected chi connectivity index (χ2v) is 7.16. The van der Waals surface area contributed by atoms with Gasteiger partial charge in [-0.2, -0.15) is 0 Å². The zero-order valence-corrected chi connectivity index (χ0v) is 13.4.